The molecule has 0 spiro atoms. The number of anilines is 1. The number of nitrogens with zero attached hydrogens (tertiary/aromatic N) is 2. The number of rotatable bonds is 7. The van der Waals surface area contributed by atoms with E-state index in [-0.39, 0.29) is 23.8 Å². The monoisotopic (exact) mass is 407 g/mol. The molecule has 29 heavy (non-hydrogen) atoms. The minimum Gasteiger partial charge on any atom is -0.325 e. The van der Waals surface area contributed by atoms with Crippen LogP contribution in [0.25, 0.3) is 0 Å². The molecule has 148 valence electrons. The summed E-state index contributed by atoms with van der Waals surface area (Å²) >= 11 is 1.42. The molecule has 1 heterocycles. The standard InChI is InChI=1S/C22H21N3O3S/c1-15-12-21(28)25(22(23-15)29-14-17-6-4-3-5-7-17)13-20(27)24-19-10-8-18(9-11-19)16(2)26/h3-12H,13-14H2,1-2H3,(H,24,27). The molecule has 0 radical (unpaired) electrons. The van der Waals surface area contributed by atoms with Gasteiger partial charge in [-0.15, -0.1) is 0 Å². The summed E-state index contributed by atoms with van der Waals surface area (Å²) in [5.74, 6) is 0.264. The van der Waals surface area contributed by atoms with Crippen molar-refractivity contribution in [3.63, 3.8) is 0 Å². The van der Waals surface area contributed by atoms with E-state index in [1.807, 2.05) is 30.3 Å². The van der Waals surface area contributed by atoms with Crippen molar-refractivity contribution in [2.75, 3.05) is 5.32 Å². The number of amides is 1. The lowest BCUT2D eigenvalue weighted by molar-refractivity contribution is -0.116. The number of carbonyl (C=O) groups is 2. The Labute approximate surface area is 173 Å². The topological polar surface area (TPSA) is 81.1 Å². The molecule has 1 aromatic heterocycles. The van der Waals surface area contributed by atoms with Gasteiger partial charge < -0.3 is 5.32 Å². The quantitative estimate of drug-likeness (QED) is 0.367. The fourth-order valence-electron chi connectivity index (χ4n) is 2.70. The third kappa shape index (κ3) is 5.65. The predicted octanol–water partition coefficient (Wildman–Crippen LogP) is 3.69. The maximum atomic E-state index is 12.5. The highest BCUT2D eigenvalue weighted by molar-refractivity contribution is 7.98. The lowest BCUT2D eigenvalue weighted by Crippen LogP contribution is -2.29. The fraction of sp³-hybridized carbons (Fsp3) is 0.182. The first kappa shape index (κ1) is 20.5. The average molecular weight is 407 g/mol. The zero-order chi connectivity index (χ0) is 20.8. The lowest BCUT2D eigenvalue weighted by Gasteiger charge is -2.12. The van der Waals surface area contributed by atoms with Crippen molar-refractivity contribution in [3.8, 4) is 0 Å². The molecule has 0 saturated heterocycles. The summed E-state index contributed by atoms with van der Waals surface area (Å²) in [5.41, 5.74) is 2.58. The molecular weight excluding hydrogens is 386 g/mol. The molecule has 3 rings (SSSR count). The molecule has 7 heteroatoms. The van der Waals surface area contributed by atoms with Gasteiger partial charge in [-0.1, -0.05) is 42.1 Å². The second-order valence-electron chi connectivity index (χ2n) is 6.56. The van der Waals surface area contributed by atoms with Crippen molar-refractivity contribution in [1.82, 2.24) is 9.55 Å². The zero-order valence-electron chi connectivity index (χ0n) is 16.2. The lowest BCUT2D eigenvalue weighted by atomic mass is 10.1. The van der Waals surface area contributed by atoms with Crippen molar-refractivity contribution >= 4 is 29.1 Å². The van der Waals surface area contributed by atoms with Crippen LogP contribution < -0.4 is 10.9 Å². The third-order valence-electron chi connectivity index (χ3n) is 4.19. The fourth-order valence-corrected chi connectivity index (χ4v) is 3.71. The maximum absolute atomic E-state index is 12.5. The molecule has 0 atom stereocenters. The van der Waals surface area contributed by atoms with Crippen LogP contribution in [0, 0.1) is 6.92 Å². The van der Waals surface area contributed by atoms with Crippen molar-refractivity contribution in [1.29, 1.82) is 0 Å². The summed E-state index contributed by atoms with van der Waals surface area (Å²) in [6.07, 6.45) is 0. The van der Waals surface area contributed by atoms with Gasteiger partial charge in [0.05, 0.1) is 0 Å². The molecule has 6 nitrogen and oxygen atoms in total. The smallest absolute Gasteiger partial charge is 0.254 e. The molecule has 0 aliphatic heterocycles. The number of carbonyl (C=O) groups excluding carboxylic acids is 2. The van der Waals surface area contributed by atoms with E-state index in [9.17, 15) is 14.4 Å². The van der Waals surface area contributed by atoms with Gasteiger partial charge in [0.2, 0.25) is 5.91 Å². The zero-order valence-corrected chi connectivity index (χ0v) is 17.0. The predicted molar refractivity (Wildman–Crippen MR) is 114 cm³/mol. The minimum absolute atomic E-state index is 0.0414. The van der Waals surface area contributed by atoms with Crippen LogP contribution in [0.5, 0.6) is 0 Å². The van der Waals surface area contributed by atoms with Gasteiger partial charge in [-0.2, -0.15) is 0 Å². The van der Waals surface area contributed by atoms with E-state index in [0.29, 0.717) is 27.9 Å². The van der Waals surface area contributed by atoms with Crippen LogP contribution in [0.2, 0.25) is 0 Å². The van der Waals surface area contributed by atoms with Gasteiger partial charge in [0.25, 0.3) is 5.56 Å². The first-order valence-electron chi connectivity index (χ1n) is 9.08. The summed E-state index contributed by atoms with van der Waals surface area (Å²) in [6, 6.07) is 17.9. The van der Waals surface area contributed by atoms with Crippen LogP contribution in [0.3, 0.4) is 0 Å². The number of hydrogen-bond donors (Lipinski definition) is 1. The first-order valence-corrected chi connectivity index (χ1v) is 10.1. The molecule has 0 unspecified atom stereocenters. The molecule has 3 aromatic rings. The van der Waals surface area contributed by atoms with Gasteiger partial charge in [-0.3, -0.25) is 19.0 Å². The van der Waals surface area contributed by atoms with Crippen molar-refractivity contribution in [2.45, 2.75) is 31.3 Å². The van der Waals surface area contributed by atoms with Crippen LogP contribution >= 0.6 is 11.8 Å². The Morgan fingerprint density at radius 2 is 1.76 bits per heavy atom. The van der Waals surface area contributed by atoms with E-state index < -0.39 is 0 Å². The second kappa shape index (κ2) is 9.34. The van der Waals surface area contributed by atoms with Gasteiger partial charge in [-0.05, 0) is 43.7 Å². The van der Waals surface area contributed by atoms with Crippen LogP contribution in [0.1, 0.15) is 28.5 Å². The molecule has 0 fully saturated rings. The highest BCUT2D eigenvalue weighted by Gasteiger charge is 2.13. The molecule has 2 aromatic carbocycles. The number of nitrogens with one attached hydrogen (secondary N) is 1. The normalized spacial score (nSPS) is 10.6. The Balaban J connectivity index is 1.74. The number of Topliss-reactive ketones (excluding diaryl/α,β-unsaturated/α-hetero) is 1. The number of aryl methyl sites for hydroxylation is 1. The first-order chi connectivity index (χ1) is 13.9. The largest absolute Gasteiger partial charge is 0.325 e. The van der Waals surface area contributed by atoms with E-state index in [4.69, 9.17) is 0 Å². The summed E-state index contributed by atoms with van der Waals surface area (Å²) in [4.78, 5) is 40.8. The molecule has 0 saturated carbocycles. The van der Waals surface area contributed by atoms with Gasteiger partial charge >= 0.3 is 0 Å². The number of ketones is 1. The summed E-state index contributed by atoms with van der Waals surface area (Å²) in [5, 5.41) is 3.25. The van der Waals surface area contributed by atoms with Crippen LogP contribution in [0.15, 0.2) is 70.6 Å². The van der Waals surface area contributed by atoms with Crippen molar-refractivity contribution in [2.24, 2.45) is 0 Å². The van der Waals surface area contributed by atoms with Gasteiger partial charge in [-0.25, -0.2) is 4.98 Å². The molecule has 1 amide bonds. The van der Waals surface area contributed by atoms with E-state index >= 15 is 0 Å². The summed E-state index contributed by atoms with van der Waals surface area (Å²) in [6.45, 7) is 3.10. The number of benzene rings is 2. The van der Waals surface area contributed by atoms with Crippen molar-refractivity contribution < 1.29 is 9.59 Å². The van der Waals surface area contributed by atoms with Gasteiger partial charge in [0.1, 0.15) is 6.54 Å². The highest BCUT2D eigenvalue weighted by Crippen LogP contribution is 2.20. The second-order valence-corrected chi connectivity index (χ2v) is 7.50. The van der Waals surface area contributed by atoms with E-state index in [1.54, 1.807) is 31.2 Å². The minimum atomic E-state index is -0.338. The SMILES string of the molecule is CC(=O)c1ccc(NC(=O)Cn2c(SCc3ccccc3)nc(C)cc2=O)cc1. The van der Waals surface area contributed by atoms with Crippen LogP contribution in [0.4, 0.5) is 5.69 Å². The van der Waals surface area contributed by atoms with Crippen LogP contribution in [-0.4, -0.2) is 21.2 Å². The number of hydrogen-bond acceptors (Lipinski definition) is 5. The number of thioether (sulfide) groups is 1. The average Bonchev–Trinajstić information content (AvgIpc) is 2.70. The van der Waals surface area contributed by atoms with Gasteiger partial charge in [0.15, 0.2) is 10.9 Å². The molecular formula is C22H21N3O3S. The highest BCUT2D eigenvalue weighted by atomic mass is 32.2. The van der Waals surface area contributed by atoms with E-state index in [0.717, 1.165) is 5.56 Å². The van der Waals surface area contributed by atoms with Crippen molar-refractivity contribution in [3.05, 3.63) is 87.8 Å². The molecule has 0 aliphatic carbocycles. The Morgan fingerprint density at radius 1 is 1.07 bits per heavy atom. The molecule has 0 bridgehead atoms. The van der Waals surface area contributed by atoms with E-state index in [2.05, 4.69) is 10.3 Å². The molecule has 0 aliphatic rings. The van der Waals surface area contributed by atoms with Gasteiger partial charge in [0, 0.05) is 28.8 Å². The Kier molecular flexibility index (Phi) is 6.61. The number of aromatic nitrogens is 2. The summed E-state index contributed by atoms with van der Waals surface area (Å²) < 4.78 is 1.37. The Bertz CT molecular complexity index is 1080. The molecule has 1 N–H and O–H groups in total. The Hall–Kier alpha value is -3.19. The Morgan fingerprint density at radius 3 is 2.41 bits per heavy atom. The maximum Gasteiger partial charge on any atom is 0.254 e. The third-order valence-corrected chi connectivity index (χ3v) is 5.24. The van der Waals surface area contributed by atoms with E-state index in [1.165, 1.54) is 29.3 Å². The van der Waals surface area contributed by atoms with Crippen LogP contribution in [-0.2, 0) is 17.1 Å². The summed E-state index contributed by atoms with van der Waals surface area (Å²) in [7, 11) is 0.